The van der Waals surface area contributed by atoms with E-state index < -0.39 is 6.10 Å². The predicted molar refractivity (Wildman–Crippen MR) is 74.4 cm³/mol. The Morgan fingerprint density at radius 3 is 2.85 bits per heavy atom. The first kappa shape index (κ1) is 14.9. The van der Waals surface area contributed by atoms with Gasteiger partial charge in [-0.05, 0) is 12.1 Å². The van der Waals surface area contributed by atoms with Crippen LogP contribution in [0.25, 0.3) is 0 Å². The third-order valence-electron chi connectivity index (χ3n) is 3.24. The quantitative estimate of drug-likeness (QED) is 0.703. The van der Waals surface area contributed by atoms with E-state index >= 15 is 0 Å². The van der Waals surface area contributed by atoms with Crippen molar-refractivity contribution in [3.8, 4) is 0 Å². The van der Waals surface area contributed by atoms with Crippen LogP contribution >= 0.6 is 0 Å². The summed E-state index contributed by atoms with van der Waals surface area (Å²) >= 11 is 0. The molecule has 1 aliphatic heterocycles. The van der Waals surface area contributed by atoms with Crippen LogP contribution in [0.1, 0.15) is 24.2 Å². The zero-order chi connectivity index (χ0) is 14.5. The number of amides is 1. The van der Waals surface area contributed by atoms with Gasteiger partial charge < -0.3 is 20.5 Å². The molecule has 20 heavy (non-hydrogen) atoms. The Morgan fingerprint density at radius 2 is 2.20 bits per heavy atom. The topological polar surface area (TPSA) is 83.5 Å². The van der Waals surface area contributed by atoms with Crippen molar-refractivity contribution in [3.05, 3.63) is 30.1 Å². The molecular formula is C14H21N3O3. The molecule has 3 N–H and O–H groups in total. The van der Waals surface area contributed by atoms with Crippen molar-refractivity contribution in [1.82, 2.24) is 15.6 Å². The summed E-state index contributed by atoms with van der Waals surface area (Å²) in [5.41, 5.74) is 0.546. The van der Waals surface area contributed by atoms with E-state index in [0.717, 1.165) is 0 Å². The van der Waals surface area contributed by atoms with Gasteiger partial charge in [0.05, 0.1) is 18.8 Å². The van der Waals surface area contributed by atoms with Gasteiger partial charge in [0.25, 0.3) is 5.91 Å². The molecule has 3 atom stereocenters. The number of aromatic nitrogens is 1. The van der Waals surface area contributed by atoms with Gasteiger partial charge >= 0.3 is 0 Å². The fraction of sp³-hybridized carbons (Fsp3) is 0.571. The minimum absolute atomic E-state index is 0.0853. The Balaban J connectivity index is 1.82. The Hall–Kier alpha value is -1.50. The van der Waals surface area contributed by atoms with Crippen LogP contribution in [0.2, 0.25) is 0 Å². The fourth-order valence-electron chi connectivity index (χ4n) is 2.24. The van der Waals surface area contributed by atoms with Crippen molar-refractivity contribution in [1.29, 1.82) is 0 Å². The Labute approximate surface area is 118 Å². The van der Waals surface area contributed by atoms with Gasteiger partial charge in [0.15, 0.2) is 0 Å². The lowest BCUT2D eigenvalue weighted by molar-refractivity contribution is 0.0397. The molecule has 0 radical (unpaired) electrons. The largest absolute Gasteiger partial charge is 0.389 e. The van der Waals surface area contributed by atoms with Crippen molar-refractivity contribution in [2.75, 3.05) is 13.2 Å². The molecular weight excluding hydrogens is 258 g/mol. The van der Waals surface area contributed by atoms with E-state index in [4.69, 9.17) is 4.74 Å². The highest BCUT2D eigenvalue weighted by Crippen LogP contribution is 2.14. The zero-order valence-electron chi connectivity index (χ0n) is 11.7. The number of rotatable bonds is 5. The fourth-order valence-corrected chi connectivity index (χ4v) is 2.24. The Bertz CT molecular complexity index is 439. The van der Waals surface area contributed by atoms with Crippen LogP contribution in [0, 0.1) is 0 Å². The molecule has 1 aromatic rings. The third-order valence-corrected chi connectivity index (χ3v) is 3.24. The zero-order valence-corrected chi connectivity index (χ0v) is 11.7. The highest BCUT2D eigenvalue weighted by atomic mass is 16.5. The van der Waals surface area contributed by atoms with Gasteiger partial charge in [-0.2, -0.15) is 0 Å². The summed E-state index contributed by atoms with van der Waals surface area (Å²) in [5.74, 6) is -0.191. The van der Waals surface area contributed by atoms with Crippen LogP contribution in [0.5, 0.6) is 0 Å². The second kappa shape index (κ2) is 6.78. The standard InChI is InChI=1S/C14H21N3O3/c1-9(2)17-11-8-20-12(13(11)18)7-16-14(19)10-3-5-15-6-4-10/h3-6,9,11-13,17-18H,7-8H2,1-2H3,(H,16,19)/t11-,12-,13+/m1/s1. The van der Waals surface area contributed by atoms with Gasteiger partial charge in [-0.25, -0.2) is 0 Å². The molecule has 0 spiro atoms. The second-order valence-corrected chi connectivity index (χ2v) is 5.24. The SMILES string of the molecule is CC(C)N[C@@H]1CO[C@H](CNC(=O)c2ccncc2)[C@H]1O. The van der Waals surface area contributed by atoms with Crippen LogP contribution in [0.4, 0.5) is 0 Å². The maximum atomic E-state index is 11.9. The molecule has 0 aliphatic carbocycles. The molecule has 2 heterocycles. The minimum Gasteiger partial charge on any atom is -0.389 e. The third kappa shape index (κ3) is 3.75. The molecule has 1 aromatic heterocycles. The van der Waals surface area contributed by atoms with Gasteiger partial charge in [0.1, 0.15) is 6.10 Å². The van der Waals surface area contributed by atoms with E-state index in [0.29, 0.717) is 18.7 Å². The number of nitrogens with zero attached hydrogens (tertiary/aromatic N) is 1. The average Bonchev–Trinajstić information content (AvgIpc) is 2.77. The van der Waals surface area contributed by atoms with Crippen LogP contribution in [0.15, 0.2) is 24.5 Å². The molecule has 110 valence electrons. The average molecular weight is 279 g/mol. The lowest BCUT2D eigenvalue weighted by Crippen LogP contribution is -2.46. The van der Waals surface area contributed by atoms with Gasteiger partial charge in [-0.15, -0.1) is 0 Å². The molecule has 1 saturated heterocycles. The molecule has 1 fully saturated rings. The van der Waals surface area contributed by atoms with Crippen LogP contribution < -0.4 is 10.6 Å². The minimum atomic E-state index is -0.616. The number of carbonyl (C=O) groups is 1. The van der Waals surface area contributed by atoms with Crippen molar-refractivity contribution in [2.45, 2.75) is 38.1 Å². The first-order valence-corrected chi connectivity index (χ1v) is 6.82. The highest BCUT2D eigenvalue weighted by Gasteiger charge is 2.35. The molecule has 0 aromatic carbocycles. The van der Waals surface area contributed by atoms with Crippen molar-refractivity contribution in [3.63, 3.8) is 0 Å². The van der Waals surface area contributed by atoms with E-state index in [1.165, 1.54) is 0 Å². The summed E-state index contributed by atoms with van der Waals surface area (Å²) in [6.45, 7) is 4.78. The molecule has 1 amide bonds. The van der Waals surface area contributed by atoms with Crippen LogP contribution in [-0.2, 0) is 4.74 Å². The number of hydrogen-bond acceptors (Lipinski definition) is 5. The summed E-state index contributed by atoms with van der Waals surface area (Å²) in [7, 11) is 0. The Kier molecular flexibility index (Phi) is 5.05. The number of hydrogen-bond donors (Lipinski definition) is 3. The van der Waals surface area contributed by atoms with Crippen molar-refractivity contribution < 1.29 is 14.6 Å². The number of pyridine rings is 1. The number of ether oxygens (including phenoxy) is 1. The first-order valence-electron chi connectivity index (χ1n) is 6.82. The van der Waals surface area contributed by atoms with E-state index in [2.05, 4.69) is 15.6 Å². The summed E-state index contributed by atoms with van der Waals surface area (Å²) in [4.78, 5) is 15.7. The number of aliphatic hydroxyl groups excluding tert-OH is 1. The van der Waals surface area contributed by atoms with Gasteiger partial charge in [-0.3, -0.25) is 9.78 Å². The van der Waals surface area contributed by atoms with Gasteiger partial charge in [-0.1, -0.05) is 13.8 Å². The molecule has 6 nitrogen and oxygen atoms in total. The van der Waals surface area contributed by atoms with E-state index in [1.807, 2.05) is 13.8 Å². The van der Waals surface area contributed by atoms with Gasteiger partial charge in [0, 0.05) is 30.5 Å². The molecule has 0 saturated carbocycles. The summed E-state index contributed by atoms with van der Waals surface area (Å²) in [6, 6.07) is 3.48. The molecule has 6 heteroatoms. The van der Waals surface area contributed by atoms with E-state index in [9.17, 15) is 9.90 Å². The molecule has 1 aliphatic rings. The van der Waals surface area contributed by atoms with Crippen molar-refractivity contribution >= 4 is 5.91 Å². The first-order chi connectivity index (χ1) is 9.58. The predicted octanol–water partition coefficient (Wildman–Crippen LogP) is -0.0623. The Morgan fingerprint density at radius 1 is 1.50 bits per heavy atom. The number of aliphatic hydroxyl groups is 1. The highest BCUT2D eigenvalue weighted by molar-refractivity contribution is 5.93. The number of carbonyl (C=O) groups excluding carboxylic acids is 1. The van der Waals surface area contributed by atoms with E-state index in [-0.39, 0.29) is 24.1 Å². The molecule has 0 unspecified atom stereocenters. The normalized spacial score (nSPS) is 25.9. The summed E-state index contributed by atoms with van der Waals surface area (Å²) in [6.07, 6.45) is 2.14. The monoisotopic (exact) mass is 279 g/mol. The van der Waals surface area contributed by atoms with Gasteiger partial charge in [0.2, 0.25) is 0 Å². The summed E-state index contributed by atoms with van der Waals surface area (Å²) in [5, 5.41) is 16.1. The van der Waals surface area contributed by atoms with Crippen molar-refractivity contribution in [2.24, 2.45) is 0 Å². The van der Waals surface area contributed by atoms with E-state index in [1.54, 1.807) is 24.5 Å². The lowest BCUT2D eigenvalue weighted by Gasteiger charge is -2.20. The maximum absolute atomic E-state index is 11.9. The maximum Gasteiger partial charge on any atom is 0.251 e. The second-order valence-electron chi connectivity index (χ2n) is 5.24. The smallest absolute Gasteiger partial charge is 0.251 e. The number of nitrogens with one attached hydrogen (secondary N) is 2. The van der Waals surface area contributed by atoms with Crippen LogP contribution in [0.3, 0.4) is 0 Å². The molecule has 0 bridgehead atoms. The molecule has 2 rings (SSSR count). The summed E-state index contributed by atoms with van der Waals surface area (Å²) < 4.78 is 5.53. The lowest BCUT2D eigenvalue weighted by atomic mass is 10.1. The van der Waals surface area contributed by atoms with Crippen LogP contribution in [-0.4, -0.2) is 53.4 Å².